The van der Waals surface area contributed by atoms with Gasteiger partial charge in [-0.05, 0) is 49.3 Å². The Balaban J connectivity index is 1.31. The molecular weight excluding hydrogens is 428 g/mol. The maximum atomic E-state index is 13.2. The van der Waals surface area contributed by atoms with Gasteiger partial charge in [0.05, 0.1) is 18.7 Å². The number of nitrogens with one attached hydrogen (secondary N) is 1. The third-order valence-corrected chi connectivity index (χ3v) is 6.68. The van der Waals surface area contributed by atoms with Crippen LogP contribution in [-0.4, -0.2) is 33.1 Å². The molecule has 0 bridgehead atoms. The van der Waals surface area contributed by atoms with E-state index in [-0.39, 0.29) is 24.2 Å². The summed E-state index contributed by atoms with van der Waals surface area (Å²) in [5.41, 5.74) is 3.33. The number of amides is 2. The Morgan fingerprint density at radius 3 is 2.79 bits per heavy atom. The highest BCUT2D eigenvalue weighted by atomic mass is 16.2. The monoisotopic (exact) mass is 454 g/mol. The molecule has 5 rings (SSSR count). The number of hydrogen-bond acceptors (Lipinski definition) is 5. The van der Waals surface area contributed by atoms with Gasteiger partial charge in [-0.25, -0.2) is 4.98 Å². The van der Waals surface area contributed by atoms with Gasteiger partial charge in [0, 0.05) is 42.8 Å². The Bertz CT molecular complexity index is 1320. The first-order valence-electron chi connectivity index (χ1n) is 11.5. The molecule has 2 fully saturated rings. The van der Waals surface area contributed by atoms with Crippen molar-refractivity contribution >= 4 is 23.3 Å². The number of rotatable bonds is 6. The van der Waals surface area contributed by atoms with Crippen LogP contribution >= 0.6 is 0 Å². The Labute approximate surface area is 198 Å². The van der Waals surface area contributed by atoms with Crippen LogP contribution < -0.4 is 10.2 Å². The van der Waals surface area contributed by atoms with Crippen LogP contribution in [0.2, 0.25) is 0 Å². The summed E-state index contributed by atoms with van der Waals surface area (Å²) in [7, 11) is 1.87. The van der Waals surface area contributed by atoms with Gasteiger partial charge in [-0.2, -0.15) is 10.4 Å². The van der Waals surface area contributed by atoms with E-state index in [4.69, 9.17) is 0 Å². The summed E-state index contributed by atoms with van der Waals surface area (Å²) < 4.78 is 1.74. The van der Waals surface area contributed by atoms with Gasteiger partial charge < -0.3 is 10.2 Å². The molecule has 1 aliphatic heterocycles. The maximum Gasteiger partial charge on any atom is 0.247 e. The summed E-state index contributed by atoms with van der Waals surface area (Å²) in [5, 5.41) is 16.8. The first kappa shape index (κ1) is 21.8. The standard InChI is InChI=1S/C26H26N6O2/c1-17-10-22(32-9-8-26(16-27,25(32)34)21-6-7-21)13-23(29-17)30-24(33)12-18-4-3-5-19(11-18)20-14-28-31(2)15-20/h3-5,10-11,13-15,21H,6-9,12H2,1-2H3,(H,29,30,33)/t26-/m1/s1. The molecule has 8 heteroatoms. The van der Waals surface area contributed by atoms with Crippen LogP contribution in [-0.2, 0) is 23.1 Å². The molecule has 8 nitrogen and oxygen atoms in total. The fourth-order valence-electron chi connectivity index (χ4n) is 4.81. The number of nitriles is 1. The molecule has 1 aromatic carbocycles. The molecule has 34 heavy (non-hydrogen) atoms. The van der Waals surface area contributed by atoms with Gasteiger partial charge in [-0.1, -0.05) is 24.3 Å². The van der Waals surface area contributed by atoms with Crippen LogP contribution in [0.25, 0.3) is 11.1 Å². The van der Waals surface area contributed by atoms with Gasteiger partial charge in [0.1, 0.15) is 11.2 Å². The van der Waals surface area contributed by atoms with Gasteiger partial charge in [0.25, 0.3) is 0 Å². The number of nitrogens with zero attached hydrogens (tertiary/aromatic N) is 5. The number of aromatic nitrogens is 3. The Morgan fingerprint density at radius 2 is 2.09 bits per heavy atom. The van der Waals surface area contributed by atoms with Crippen molar-refractivity contribution in [1.29, 1.82) is 5.26 Å². The van der Waals surface area contributed by atoms with Crippen LogP contribution in [0, 0.1) is 29.6 Å². The minimum Gasteiger partial charge on any atom is -0.311 e. The molecule has 2 amide bonds. The lowest BCUT2D eigenvalue weighted by molar-refractivity contribution is -0.123. The molecule has 1 atom stereocenters. The van der Waals surface area contributed by atoms with Crippen molar-refractivity contribution in [3.8, 4) is 17.2 Å². The van der Waals surface area contributed by atoms with Crippen LogP contribution in [0.5, 0.6) is 0 Å². The molecule has 2 aliphatic rings. The van der Waals surface area contributed by atoms with E-state index in [2.05, 4.69) is 21.5 Å². The average Bonchev–Trinajstić information content (AvgIpc) is 3.48. The van der Waals surface area contributed by atoms with Crippen LogP contribution in [0.3, 0.4) is 0 Å². The van der Waals surface area contributed by atoms with Gasteiger partial charge in [0.15, 0.2) is 0 Å². The molecule has 1 aliphatic carbocycles. The van der Waals surface area contributed by atoms with E-state index in [1.54, 1.807) is 21.8 Å². The minimum absolute atomic E-state index is 0.132. The first-order chi connectivity index (χ1) is 16.4. The number of carbonyl (C=O) groups is 2. The Kier molecular flexibility index (Phi) is 5.40. The van der Waals surface area contributed by atoms with E-state index in [1.807, 2.05) is 50.5 Å². The zero-order valence-electron chi connectivity index (χ0n) is 19.3. The number of aryl methyl sites for hydroxylation is 2. The van der Waals surface area contributed by atoms with Crippen LogP contribution in [0.4, 0.5) is 11.5 Å². The molecule has 3 heterocycles. The lowest BCUT2D eigenvalue weighted by atomic mass is 9.83. The highest BCUT2D eigenvalue weighted by molar-refractivity contribution is 6.02. The second kappa shape index (κ2) is 8.41. The van der Waals surface area contributed by atoms with Gasteiger partial charge >= 0.3 is 0 Å². The summed E-state index contributed by atoms with van der Waals surface area (Å²) in [6.07, 6.45) is 6.34. The number of carbonyl (C=O) groups excluding carboxylic acids is 2. The summed E-state index contributed by atoms with van der Waals surface area (Å²) in [6.45, 7) is 2.33. The lowest BCUT2D eigenvalue weighted by Gasteiger charge is -2.21. The van der Waals surface area contributed by atoms with Crippen molar-refractivity contribution in [2.45, 2.75) is 32.6 Å². The average molecular weight is 455 g/mol. The predicted molar refractivity (Wildman–Crippen MR) is 128 cm³/mol. The van der Waals surface area contributed by atoms with Crippen molar-refractivity contribution in [3.63, 3.8) is 0 Å². The zero-order valence-corrected chi connectivity index (χ0v) is 19.3. The molecular formula is C26H26N6O2. The summed E-state index contributed by atoms with van der Waals surface area (Å²) >= 11 is 0. The topological polar surface area (TPSA) is 104 Å². The largest absolute Gasteiger partial charge is 0.311 e. The number of benzene rings is 1. The van der Waals surface area contributed by atoms with E-state index in [0.29, 0.717) is 30.2 Å². The van der Waals surface area contributed by atoms with Gasteiger partial charge in [-0.15, -0.1) is 0 Å². The van der Waals surface area contributed by atoms with Crippen LogP contribution in [0.1, 0.15) is 30.5 Å². The Morgan fingerprint density at radius 1 is 1.26 bits per heavy atom. The maximum absolute atomic E-state index is 13.2. The molecule has 1 N–H and O–H groups in total. The van der Waals surface area contributed by atoms with E-state index < -0.39 is 5.41 Å². The quantitative estimate of drug-likeness (QED) is 0.613. The summed E-state index contributed by atoms with van der Waals surface area (Å²) in [4.78, 5) is 32.1. The van der Waals surface area contributed by atoms with Crippen molar-refractivity contribution in [2.75, 3.05) is 16.8 Å². The van der Waals surface area contributed by atoms with Crippen molar-refractivity contribution in [1.82, 2.24) is 14.8 Å². The fraction of sp³-hybridized carbons (Fsp3) is 0.346. The smallest absolute Gasteiger partial charge is 0.247 e. The molecule has 0 unspecified atom stereocenters. The van der Waals surface area contributed by atoms with Gasteiger partial charge in [0.2, 0.25) is 11.8 Å². The zero-order chi connectivity index (χ0) is 23.9. The summed E-state index contributed by atoms with van der Waals surface area (Å²) in [6, 6.07) is 13.7. The molecule has 0 spiro atoms. The molecule has 0 radical (unpaired) electrons. The third-order valence-electron chi connectivity index (χ3n) is 6.68. The van der Waals surface area contributed by atoms with Crippen molar-refractivity contribution in [2.24, 2.45) is 18.4 Å². The number of anilines is 2. The van der Waals surface area contributed by atoms with Crippen molar-refractivity contribution in [3.05, 3.63) is 60.0 Å². The van der Waals surface area contributed by atoms with E-state index in [9.17, 15) is 14.9 Å². The Hall–Kier alpha value is -3.99. The van der Waals surface area contributed by atoms with E-state index in [0.717, 1.165) is 29.5 Å². The number of hydrogen-bond donors (Lipinski definition) is 1. The first-order valence-corrected chi connectivity index (χ1v) is 11.5. The molecule has 2 aromatic heterocycles. The minimum atomic E-state index is -0.903. The number of pyridine rings is 1. The molecule has 1 saturated carbocycles. The van der Waals surface area contributed by atoms with Gasteiger partial charge in [-0.3, -0.25) is 14.3 Å². The predicted octanol–water partition coefficient (Wildman–Crippen LogP) is 3.63. The lowest BCUT2D eigenvalue weighted by Crippen LogP contribution is -2.35. The molecule has 3 aromatic rings. The van der Waals surface area contributed by atoms with E-state index in [1.165, 1.54) is 0 Å². The summed E-state index contributed by atoms with van der Waals surface area (Å²) in [5.74, 6) is 0.244. The second-order valence-corrected chi connectivity index (χ2v) is 9.24. The van der Waals surface area contributed by atoms with Crippen molar-refractivity contribution < 1.29 is 9.59 Å². The molecule has 172 valence electrons. The third kappa shape index (κ3) is 4.05. The van der Waals surface area contributed by atoms with E-state index >= 15 is 0 Å². The van der Waals surface area contributed by atoms with Crippen LogP contribution in [0.15, 0.2) is 48.8 Å². The highest BCUT2D eigenvalue weighted by Gasteiger charge is 2.56. The molecule has 1 saturated heterocycles. The highest BCUT2D eigenvalue weighted by Crippen LogP contribution is 2.52. The fourth-order valence-corrected chi connectivity index (χ4v) is 4.81. The SMILES string of the molecule is Cc1cc(N2CC[C@@](C#N)(C3CC3)C2=O)cc(NC(=O)Cc2cccc(-c3cnn(C)c3)c2)n1. The normalized spacial score (nSPS) is 19.8. The second-order valence-electron chi connectivity index (χ2n) is 9.24.